The highest BCUT2D eigenvalue weighted by Gasteiger charge is 2.24. The van der Waals surface area contributed by atoms with Crippen molar-refractivity contribution < 1.29 is 26.7 Å². The second-order valence-corrected chi connectivity index (χ2v) is 7.17. The number of aromatic nitrogens is 2. The fourth-order valence-corrected chi connectivity index (χ4v) is 2.68. The van der Waals surface area contributed by atoms with Crippen molar-refractivity contribution in [1.82, 2.24) is 14.5 Å². The predicted octanol–water partition coefficient (Wildman–Crippen LogP) is 3.16. The second-order valence-electron chi connectivity index (χ2n) is 6.64. The lowest BCUT2D eigenvalue weighted by molar-refractivity contribution is -0.0252. The summed E-state index contributed by atoms with van der Waals surface area (Å²) in [7, 11) is 4.59. The highest BCUT2D eigenvalue weighted by molar-refractivity contribution is 7.90. The van der Waals surface area contributed by atoms with Crippen LogP contribution in [0.4, 0.5) is 8.78 Å². The summed E-state index contributed by atoms with van der Waals surface area (Å²) in [5.41, 5.74) is 0.0460. The van der Waals surface area contributed by atoms with Gasteiger partial charge in [-0.3, -0.25) is 23.3 Å². The third-order valence-electron chi connectivity index (χ3n) is 3.78. The van der Waals surface area contributed by atoms with Crippen LogP contribution in [0.3, 0.4) is 0 Å². The number of pyridine rings is 2. The summed E-state index contributed by atoms with van der Waals surface area (Å²) in [5, 5.41) is 0. The molecule has 0 fully saturated rings. The van der Waals surface area contributed by atoms with Crippen LogP contribution in [-0.2, 0) is 11.2 Å². The van der Waals surface area contributed by atoms with E-state index in [1.165, 1.54) is 36.3 Å². The molecule has 164 valence electrons. The van der Waals surface area contributed by atoms with Gasteiger partial charge in [-0.2, -0.15) is 0 Å². The van der Waals surface area contributed by atoms with Gasteiger partial charge in [-0.05, 0) is 25.1 Å². The zero-order chi connectivity index (χ0) is 22.5. The van der Waals surface area contributed by atoms with Crippen LogP contribution < -0.4 is 14.5 Å². The van der Waals surface area contributed by atoms with E-state index in [0.717, 1.165) is 11.5 Å². The van der Waals surface area contributed by atoms with E-state index in [-0.39, 0.29) is 34.4 Å². The van der Waals surface area contributed by atoms with Crippen LogP contribution in [-0.4, -0.2) is 53.6 Å². The minimum Gasteiger partial charge on any atom is -0.472 e. The number of carbonyl (C=O) groups excluding carboxylic acids is 1. The van der Waals surface area contributed by atoms with Gasteiger partial charge in [-0.15, -0.1) is 0 Å². The van der Waals surface area contributed by atoms with Crippen LogP contribution in [0.2, 0.25) is 0 Å². The average Bonchev–Trinajstić information content (AvgIpc) is 2.68. The number of hydrogen-bond acceptors (Lipinski definition) is 7. The third-order valence-corrected chi connectivity index (χ3v) is 4.36. The number of nitrogens with zero attached hydrogens (tertiary/aromatic N) is 3. The fourth-order valence-electron chi connectivity index (χ4n) is 2.34. The number of carbonyl (C=O) groups is 1. The highest BCUT2D eigenvalue weighted by Crippen LogP contribution is 2.30. The quantitative estimate of drug-likeness (QED) is 0.435. The molecule has 0 aliphatic heterocycles. The lowest BCUT2D eigenvalue weighted by atomic mass is 10.1. The summed E-state index contributed by atoms with van der Waals surface area (Å²) in [6, 6.07) is 4.25. The summed E-state index contributed by atoms with van der Waals surface area (Å²) in [4.78, 5) is 30.7. The van der Waals surface area contributed by atoms with Gasteiger partial charge in [-0.25, -0.2) is 8.78 Å². The van der Waals surface area contributed by atoms with Crippen LogP contribution in [0.25, 0.3) is 11.3 Å². The molecule has 0 bridgehead atoms. The number of alkyl halides is 2. The molecule has 0 atom stereocenters. The molecule has 0 spiro atoms. The summed E-state index contributed by atoms with van der Waals surface area (Å²) in [6.45, 7) is 2.01. The first-order valence-corrected chi connectivity index (χ1v) is 9.60. The molecular formula is C19H23F2N3O5S. The maximum atomic E-state index is 13.1. The predicted molar refractivity (Wildman–Crippen MR) is 109 cm³/mol. The third kappa shape index (κ3) is 5.92. The Balaban J connectivity index is 2.47. The molecule has 0 N–H and O–H groups in total. The molecule has 0 aliphatic rings. The summed E-state index contributed by atoms with van der Waals surface area (Å²) >= 11 is 0.686. The number of hydrogen-bond donors (Lipinski definition) is 0. The molecule has 0 aromatic carbocycles. The van der Waals surface area contributed by atoms with Gasteiger partial charge in [0.2, 0.25) is 12.3 Å². The molecule has 0 saturated carbocycles. The Hall–Kier alpha value is -2.66. The van der Waals surface area contributed by atoms with Gasteiger partial charge in [0.1, 0.15) is 5.69 Å². The highest BCUT2D eigenvalue weighted by atomic mass is 32.2. The zero-order valence-corrected chi connectivity index (χ0v) is 18.1. The average molecular weight is 443 g/mol. The Kier molecular flexibility index (Phi) is 7.79. The van der Waals surface area contributed by atoms with Gasteiger partial charge in [0, 0.05) is 34.3 Å². The van der Waals surface area contributed by atoms with Crippen LogP contribution in [0.15, 0.2) is 29.2 Å². The Morgan fingerprint density at radius 3 is 2.63 bits per heavy atom. The molecule has 8 nitrogen and oxygen atoms in total. The molecule has 0 unspecified atom stereocenters. The first-order valence-electron chi connectivity index (χ1n) is 8.94. The van der Waals surface area contributed by atoms with Gasteiger partial charge in [0.15, 0.2) is 18.2 Å². The lowest BCUT2D eigenvalue weighted by Gasteiger charge is -2.16. The molecule has 0 aliphatic carbocycles. The standard InChI is InChI=1S/C19H23F2N3O5S/c1-6-28-30-29-14-9-12(17(25)23(3)4)10-22-16(14)13-7-8-15(24(5)18(13)26)27-11-19(2,20)21/h7-10H,6,11H2,1-5H3. The molecule has 11 heteroatoms. The van der Waals surface area contributed by atoms with E-state index in [1.807, 2.05) is 0 Å². The maximum Gasteiger partial charge on any atom is 0.278 e. The van der Waals surface area contributed by atoms with E-state index in [0.29, 0.717) is 18.9 Å². The van der Waals surface area contributed by atoms with Crippen molar-refractivity contribution >= 4 is 18.2 Å². The minimum atomic E-state index is -3.04. The maximum absolute atomic E-state index is 13.1. The van der Waals surface area contributed by atoms with Crippen LogP contribution in [0.1, 0.15) is 24.2 Å². The van der Waals surface area contributed by atoms with E-state index in [1.54, 1.807) is 21.0 Å². The van der Waals surface area contributed by atoms with Crippen molar-refractivity contribution in [3.05, 3.63) is 40.3 Å². The fraction of sp³-hybridized carbons (Fsp3) is 0.421. The Morgan fingerprint density at radius 2 is 2.03 bits per heavy atom. The SMILES string of the molecule is CCOSOc1cc(C(=O)N(C)C)cnc1-c1ccc(OCC(C)(F)F)n(C)c1=O. The van der Waals surface area contributed by atoms with Crippen LogP contribution >= 0.6 is 12.3 Å². The van der Waals surface area contributed by atoms with E-state index in [4.69, 9.17) is 13.1 Å². The van der Waals surface area contributed by atoms with Gasteiger partial charge in [0.05, 0.1) is 17.7 Å². The van der Waals surface area contributed by atoms with Crippen molar-refractivity contribution in [2.45, 2.75) is 19.8 Å². The number of rotatable bonds is 9. The van der Waals surface area contributed by atoms with Crippen LogP contribution in [0, 0.1) is 0 Å². The molecule has 2 heterocycles. The smallest absolute Gasteiger partial charge is 0.278 e. The number of halogens is 2. The molecule has 2 rings (SSSR count). The molecule has 0 radical (unpaired) electrons. The normalized spacial score (nSPS) is 11.3. The molecule has 2 aromatic rings. The monoisotopic (exact) mass is 443 g/mol. The Morgan fingerprint density at radius 1 is 1.33 bits per heavy atom. The van der Waals surface area contributed by atoms with Crippen molar-refractivity contribution in [3.63, 3.8) is 0 Å². The van der Waals surface area contributed by atoms with Crippen molar-refractivity contribution in [2.75, 3.05) is 27.3 Å². The van der Waals surface area contributed by atoms with Crippen molar-refractivity contribution in [3.8, 4) is 22.9 Å². The topological polar surface area (TPSA) is 82.9 Å². The van der Waals surface area contributed by atoms with Gasteiger partial charge >= 0.3 is 0 Å². The zero-order valence-electron chi connectivity index (χ0n) is 17.3. The molecule has 2 aromatic heterocycles. The number of amides is 1. The second kappa shape index (κ2) is 9.90. The largest absolute Gasteiger partial charge is 0.472 e. The lowest BCUT2D eigenvalue weighted by Crippen LogP contribution is -2.26. The van der Waals surface area contributed by atoms with E-state index < -0.39 is 18.1 Å². The Labute approximate surface area is 177 Å². The van der Waals surface area contributed by atoms with Gasteiger partial charge < -0.3 is 13.8 Å². The molecular weight excluding hydrogens is 420 g/mol. The summed E-state index contributed by atoms with van der Waals surface area (Å²) < 4.78 is 42.9. The first kappa shape index (κ1) is 23.6. The van der Waals surface area contributed by atoms with E-state index >= 15 is 0 Å². The molecule has 30 heavy (non-hydrogen) atoms. The van der Waals surface area contributed by atoms with E-state index in [2.05, 4.69) is 4.98 Å². The van der Waals surface area contributed by atoms with Gasteiger partial charge in [0.25, 0.3) is 17.4 Å². The number of ether oxygens (including phenoxy) is 1. The first-order chi connectivity index (χ1) is 14.0. The molecule has 0 saturated heterocycles. The summed E-state index contributed by atoms with van der Waals surface area (Å²) in [6.07, 6.45) is 1.33. The minimum absolute atomic E-state index is 0.0177. The van der Waals surface area contributed by atoms with Crippen LogP contribution in [0.5, 0.6) is 11.6 Å². The van der Waals surface area contributed by atoms with E-state index in [9.17, 15) is 18.4 Å². The molecule has 1 amide bonds. The van der Waals surface area contributed by atoms with Crippen molar-refractivity contribution in [1.29, 1.82) is 0 Å². The summed E-state index contributed by atoms with van der Waals surface area (Å²) in [5.74, 6) is -3.21. The van der Waals surface area contributed by atoms with Crippen molar-refractivity contribution in [2.24, 2.45) is 7.05 Å². The van der Waals surface area contributed by atoms with Gasteiger partial charge in [-0.1, -0.05) is 0 Å². The Bertz CT molecular complexity index is 960.